The van der Waals surface area contributed by atoms with Crippen molar-refractivity contribution in [3.05, 3.63) is 21.3 Å². The van der Waals surface area contributed by atoms with E-state index in [1.54, 1.807) is 11.8 Å². The Morgan fingerprint density at radius 2 is 2.33 bits per heavy atom. The fourth-order valence-electron chi connectivity index (χ4n) is 1.14. The molecule has 0 radical (unpaired) electrons. The first-order valence-electron chi connectivity index (χ1n) is 4.63. The first kappa shape index (κ1) is 12.1. The molecular weight excluding hydrogens is 230 g/mol. The summed E-state index contributed by atoms with van der Waals surface area (Å²) in [4.78, 5) is 14.3. The zero-order valence-electron chi connectivity index (χ0n) is 8.71. The van der Waals surface area contributed by atoms with Crippen LogP contribution in [0.25, 0.3) is 0 Å². The van der Waals surface area contributed by atoms with E-state index in [2.05, 4.69) is 11.8 Å². The average molecular weight is 242 g/mol. The van der Waals surface area contributed by atoms with Crippen LogP contribution in [0.1, 0.15) is 18.7 Å². The van der Waals surface area contributed by atoms with Crippen molar-refractivity contribution in [3.63, 3.8) is 0 Å². The van der Waals surface area contributed by atoms with Crippen molar-refractivity contribution >= 4 is 28.8 Å². The zero-order chi connectivity index (χ0) is 11.3. The van der Waals surface area contributed by atoms with Gasteiger partial charge in [0.15, 0.2) is 0 Å². The van der Waals surface area contributed by atoms with Gasteiger partial charge in [-0.05, 0) is 31.9 Å². The summed E-state index contributed by atoms with van der Waals surface area (Å²) < 4.78 is 0.745. The highest BCUT2D eigenvalue weighted by Gasteiger charge is 2.10. The molecule has 2 nitrogen and oxygen atoms in total. The van der Waals surface area contributed by atoms with E-state index in [1.165, 1.54) is 11.3 Å². The van der Waals surface area contributed by atoms with Gasteiger partial charge in [0.25, 0.3) is 5.91 Å². The first-order valence-corrected chi connectivity index (χ1v) is 5.82. The van der Waals surface area contributed by atoms with Crippen molar-refractivity contribution in [2.75, 3.05) is 6.54 Å². The lowest BCUT2D eigenvalue weighted by atomic mass is 10.4. The van der Waals surface area contributed by atoms with E-state index >= 15 is 0 Å². The Hall–Kier alpha value is -0.980. The van der Waals surface area contributed by atoms with E-state index in [1.807, 2.05) is 19.1 Å². The van der Waals surface area contributed by atoms with Crippen LogP contribution in [0.5, 0.6) is 0 Å². The lowest BCUT2D eigenvalue weighted by Crippen LogP contribution is -2.28. The van der Waals surface area contributed by atoms with Crippen LogP contribution in [0.2, 0.25) is 4.34 Å². The summed E-state index contributed by atoms with van der Waals surface area (Å²) in [5, 5.41) is 0. The van der Waals surface area contributed by atoms with E-state index < -0.39 is 0 Å². The molecule has 0 spiro atoms. The first-order chi connectivity index (χ1) is 7.17. The summed E-state index contributed by atoms with van der Waals surface area (Å²) in [5.74, 6) is 5.01. The second-order valence-electron chi connectivity index (χ2n) is 2.90. The van der Waals surface area contributed by atoms with Crippen LogP contribution in [-0.2, 0) is 11.3 Å². The number of carbonyl (C=O) groups is 1. The van der Waals surface area contributed by atoms with E-state index in [-0.39, 0.29) is 5.91 Å². The smallest absolute Gasteiger partial charge is 0.298 e. The van der Waals surface area contributed by atoms with Crippen molar-refractivity contribution < 1.29 is 4.79 Å². The van der Waals surface area contributed by atoms with Gasteiger partial charge in [-0.1, -0.05) is 17.5 Å². The topological polar surface area (TPSA) is 20.3 Å². The normalized spacial score (nSPS) is 9.27. The molecule has 0 aliphatic rings. The molecule has 80 valence electrons. The molecule has 1 aromatic heterocycles. The van der Waals surface area contributed by atoms with Crippen LogP contribution in [0.4, 0.5) is 0 Å². The lowest BCUT2D eigenvalue weighted by Gasteiger charge is -2.16. The SMILES string of the molecule is CC#CC(=O)N(CC)Cc1ccc(Cl)s1. The Bertz CT molecular complexity index is 402. The van der Waals surface area contributed by atoms with Crippen molar-refractivity contribution in [2.24, 2.45) is 0 Å². The van der Waals surface area contributed by atoms with Gasteiger partial charge in [0, 0.05) is 11.4 Å². The van der Waals surface area contributed by atoms with Gasteiger partial charge in [0.1, 0.15) is 0 Å². The minimum Gasteiger partial charge on any atom is -0.327 e. The highest BCUT2D eigenvalue weighted by molar-refractivity contribution is 7.16. The highest BCUT2D eigenvalue weighted by Crippen LogP contribution is 2.22. The van der Waals surface area contributed by atoms with Gasteiger partial charge in [-0.15, -0.1) is 11.3 Å². The lowest BCUT2D eigenvalue weighted by molar-refractivity contribution is -0.125. The van der Waals surface area contributed by atoms with Gasteiger partial charge in [-0.2, -0.15) is 0 Å². The maximum absolute atomic E-state index is 11.5. The molecule has 0 aliphatic heterocycles. The predicted octanol–water partition coefficient (Wildman–Crippen LogP) is 2.77. The van der Waals surface area contributed by atoms with Gasteiger partial charge in [0.05, 0.1) is 10.9 Å². The third-order valence-corrected chi connectivity index (χ3v) is 3.09. The second kappa shape index (κ2) is 5.79. The van der Waals surface area contributed by atoms with Crippen molar-refractivity contribution in [3.8, 4) is 11.8 Å². The van der Waals surface area contributed by atoms with Gasteiger partial charge in [-0.3, -0.25) is 4.79 Å². The molecule has 1 rings (SSSR count). The van der Waals surface area contributed by atoms with Gasteiger partial charge in [0.2, 0.25) is 0 Å². The molecule has 1 aromatic rings. The Morgan fingerprint density at radius 1 is 1.60 bits per heavy atom. The molecule has 1 heterocycles. The van der Waals surface area contributed by atoms with Crippen LogP contribution in [0, 0.1) is 11.8 Å². The number of thiophene rings is 1. The van der Waals surface area contributed by atoms with E-state index in [0.29, 0.717) is 13.1 Å². The molecule has 0 atom stereocenters. The molecule has 15 heavy (non-hydrogen) atoms. The molecule has 4 heteroatoms. The monoisotopic (exact) mass is 241 g/mol. The van der Waals surface area contributed by atoms with Crippen molar-refractivity contribution in [2.45, 2.75) is 20.4 Å². The third kappa shape index (κ3) is 3.58. The highest BCUT2D eigenvalue weighted by atomic mass is 35.5. The van der Waals surface area contributed by atoms with Crippen molar-refractivity contribution in [1.29, 1.82) is 0 Å². The molecular formula is C11H12ClNOS. The van der Waals surface area contributed by atoms with Crippen LogP contribution < -0.4 is 0 Å². The summed E-state index contributed by atoms with van der Waals surface area (Å²) in [6, 6.07) is 3.77. The van der Waals surface area contributed by atoms with E-state index in [4.69, 9.17) is 11.6 Å². The van der Waals surface area contributed by atoms with E-state index in [0.717, 1.165) is 9.21 Å². The fraction of sp³-hybridized carbons (Fsp3) is 0.364. The van der Waals surface area contributed by atoms with Crippen molar-refractivity contribution in [1.82, 2.24) is 4.90 Å². The van der Waals surface area contributed by atoms with Gasteiger partial charge >= 0.3 is 0 Å². The third-order valence-electron chi connectivity index (χ3n) is 1.88. The van der Waals surface area contributed by atoms with Gasteiger partial charge in [-0.25, -0.2) is 0 Å². The minimum absolute atomic E-state index is 0.135. The summed E-state index contributed by atoms with van der Waals surface area (Å²) in [7, 11) is 0. The van der Waals surface area contributed by atoms with Crippen LogP contribution in [0.15, 0.2) is 12.1 Å². The van der Waals surface area contributed by atoms with Crippen LogP contribution in [0.3, 0.4) is 0 Å². The molecule has 0 fully saturated rings. The summed E-state index contributed by atoms with van der Waals surface area (Å²) >= 11 is 7.31. The van der Waals surface area contributed by atoms with Gasteiger partial charge < -0.3 is 4.90 Å². The minimum atomic E-state index is -0.135. The van der Waals surface area contributed by atoms with Crippen LogP contribution in [-0.4, -0.2) is 17.4 Å². The Balaban J connectivity index is 2.68. The van der Waals surface area contributed by atoms with Crippen LogP contribution >= 0.6 is 22.9 Å². The Kier molecular flexibility index (Phi) is 4.67. The molecule has 0 aliphatic carbocycles. The number of carbonyl (C=O) groups excluding carboxylic acids is 1. The number of rotatable bonds is 3. The maximum Gasteiger partial charge on any atom is 0.298 e. The predicted molar refractivity (Wildman–Crippen MR) is 63.9 cm³/mol. The fourth-order valence-corrected chi connectivity index (χ4v) is 2.24. The molecule has 0 saturated heterocycles. The second-order valence-corrected chi connectivity index (χ2v) is 4.70. The Morgan fingerprint density at radius 3 is 2.80 bits per heavy atom. The number of nitrogens with zero attached hydrogens (tertiary/aromatic N) is 1. The molecule has 0 unspecified atom stereocenters. The largest absolute Gasteiger partial charge is 0.327 e. The zero-order valence-corrected chi connectivity index (χ0v) is 10.3. The molecule has 0 N–H and O–H groups in total. The molecule has 1 amide bonds. The maximum atomic E-state index is 11.5. The Labute approximate surface area is 98.9 Å². The quantitative estimate of drug-likeness (QED) is 0.746. The number of halogens is 1. The summed E-state index contributed by atoms with van der Waals surface area (Å²) in [5.41, 5.74) is 0. The summed E-state index contributed by atoms with van der Waals surface area (Å²) in [6.45, 7) is 4.84. The molecule has 0 bridgehead atoms. The number of hydrogen-bond acceptors (Lipinski definition) is 2. The average Bonchev–Trinajstić information content (AvgIpc) is 2.61. The molecule has 0 saturated carbocycles. The molecule has 0 aromatic carbocycles. The summed E-state index contributed by atoms with van der Waals surface area (Å²) in [6.07, 6.45) is 0. The standard InChI is InChI=1S/C11H12ClNOS/c1-3-5-11(14)13(4-2)8-9-6-7-10(12)15-9/h6-7H,4,8H2,1-2H3. The number of amides is 1. The number of hydrogen-bond donors (Lipinski definition) is 0. The van der Waals surface area contributed by atoms with E-state index in [9.17, 15) is 4.79 Å².